The van der Waals surface area contributed by atoms with Crippen molar-refractivity contribution in [3.63, 3.8) is 0 Å². The van der Waals surface area contributed by atoms with Gasteiger partial charge in [-0.2, -0.15) is 13.1 Å². The van der Waals surface area contributed by atoms with Gasteiger partial charge in [0.15, 0.2) is 5.60 Å². The van der Waals surface area contributed by atoms with Crippen LogP contribution in [-0.2, 0) is 31.1 Å². The number of hydrogen-bond acceptors (Lipinski definition) is 8. The molecular formula is C21H23Br4N3O8S. The number of carbonyl (C=O) groups excluding carboxylic acids is 1. The first-order valence-corrected chi connectivity index (χ1v) is 15.3. The molecular weight excluding hydrogens is 774 g/mol. The molecule has 0 radical (unpaired) electrons. The molecule has 2 atom stereocenters. The van der Waals surface area contributed by atoms with Crippen molar-refractivity contribution in [3.05, 3.63) is 47.4 Å². The van der Waals surface area contributed by atoms with Gasteiger partial charge in [-0.3, -0.25) is 9.35 Å². The second-order valence-corrected chi connectivity index (χ2v) is 12.7. The molecule has 1 amide bonds. The maximum Gasteiger partial charge on any atom is 0.333 e. The van der Waals surface area contributed by atoms with Crippen molar-refractivity contribution in [1.82, 2.24) is 10.0 Å². The van der Waals surface area contributed by atoms with Crippen molar-refractivity contribution in [2.75, 3.05) is 26.8 Å². The summed E-state index contributed by atoms with van der Waals surface area (Å²) in [4.78, 5) is 18.1. The number of ether oxygens (including phenoxy) is 2. The number of carbonyl (C=O) groups is 1. The molecule has 2 aliphatic rings. The van der Waals surface area contributed by atoms with Crippen molar-refractivity contribution in [3.8, 4) is 5.75 Å². The van der Waals surface area contributed by atoms with Crippen molar-refractivity contribution >= 4 is 85.6 Å². The minimum Gasteiger partial charge on any atom is -0.495 e. The molecule has 0 bridgehead atoms. The van der Waals surface area contributed by atoms with Gasteiger partial charge in [-0.15, -0.1) is 0 Å². The third-order valence-electron chi connectivity index (χ3n) is 5.35. The topological polar surface area (TPSA) is 156 Å². The average molecular weight is 797 g/mol. The van der Waals surface area contributed by atoms with Gasteiger partial charge >= 0.3 is 10.3 Å². The largest absolute Gasteiger partial charge is 0.495 e. The van der Waals surface area contributed by atoms with Gasteiger partial charge in [0.25, 0.3) is 5.91 Å². The number of aliphatic hydroxyl groups excluding tert-OH is 1. The van der Waals surface area contributed by atoms with E-state index < -0.39 is 27.9 Å². The van der Waals surface area contributed by atoms with Crippen LogP contribution in [0.1, 0.15) is 18.4 Å². The maximum atomic E-state index is 12.6. The summed E-state index contributed by atoms with van der Waals surface area (Å²) in [5.74, 6) is 0.587. The van der Waals surface area contributed by atoms with Crippen molar-refractivity contribution in [2.45, 2.75) is 31.0 Å². The number of oxime groups is 1. The predicted octanol–water partition coefficient (Wildman–Crippen LogP) is 3.45. The zero-order valence-corrected chi connectivity index (χ0v) is 26.4. The Morgan fingerprint density at radius 1 is 1.24 bits per heavy atom. The van der Waals surface area contributed by atoms with Crippen LogP contribution in [-0.4, -0.2) is 68.2 Å². The number of nitrogens with zero attached hydrogens (tertiary/aromatic N) is 1. The number of hydrogen-bond donors (Lipinski definition) is 4. The van der Waals surface area contributed by atoms with Crippen molar-refractivity contribution in [2.24, 2.45) is 5.16 Å². The summed E-state index contributed by atoms with van der Waals surface area (Å²) in [6, 6.07) is 3.58. The Kier molecular flexibility index (Phi) is 10.6. The highest BCUT2D eigenvalue weighted by Crippen LogP contribution is 2.44. The van der Waals surface area contributed by atoms with Crippen LogP contribution in [0.5, 0.6) is 5.75 Å². The Bertz CT molecular complexity index is 1230. The van der Waals surface area contributed by atoms with Crippen LogP contribution < -0.4 is 14.8 Å². The fraction of sp³-hybridized carbons (Fsp3) is 0.429. The summed E-state index contributed by atoms with van der Waals surface area (Å²) in [6.07, 6.45) is 1.47. The molecule has 1 spiro atoms. The van der Waals surface area contributed by atoms with Gasteiger partial charge in [0.2, 0.25) is 0 Å². The van der Waals surface area contributed by atoms with Gasteiger partial charge in [0.05, 0.1) is 31.6 Å². The van der Waals surface area contributed by atoms with E-state index in [9.17, 15) is 18.3 Å². The van der Waals surface area contributed by atoms with Crippen LogP contribution in [0, 0.1) is 0 Å². The number of aliphatic hydroxyl groups is 1. The highest BCUT2D eigenvalue weighted by atomic mass is 79.9. The first-order chi connectivity index (χ1) is 17.4. The molecule has 4 N–H and O–H groups in total. The molecule has 0 aromatic heterocycles. The number of methoxy groups -OCH3 is 1. The van der Waals surface area contributed by atoms with E-state index >= 15 is 0 Å². The Labute approximate surface area is 247 Å². The van der Waals surface area contributed by atoms with Crippen LogP contribution in [0.4, 0.5) is 0 Å². The summed E-state index contributed by atoms with van der Waals surface area (Å²) in [6.45, 7) is 0.669. The number of halogens is 4. The Balaban J connectivity index is 1.45. The second kappa shape index (κ2) is 12.9. The fourth-order valence-electron chi connectivity index (χ4n) is 3.59. The van der Waals surface area contributed by atoms with Gasteiger partial charge in [-0.05, 0) is 100 Å². The number of rotatable bonds is 11. The van der Waals surface area contributed by atoms with E-state index in [1.165, 1.54) is 7.11 Å². The van der Waals surface area contributed by atoms with Gasteiger partial charge < -0.3 is 24.7 Å². The Hall–Kier alpha value is -1.01. The lowest BCUT2D eigenvalue weighted by atomic mass is 9.87. The van der Waals surface area contributed by atoms with E-state index in [-0.39, 0.29) is 18.7 Å². The predicted molar refractivity (Wildman–Crippen MR) is 150 cm³/mol. The molecule has 1 aliphatic heterocycles. The Morgan fingerprint density at radius 3 is 2.54 bits per heavy atom. The third kappa shape index (κ3) is 7.77. The fourth-order valence-corrected chi connectivity index (χ4v) is 7.25. The van der Waals surface area contributed by atoms with Crippen LogP contribution >= 0.6 is 63.7 Å². The maximum absolute atomic E-state index is 12.6. The quantitative estimate of drug-likeness (QED) is 0.196. The standard InChI is InChI=1S/C21H23Br4N3O8S/c1-34-18-14(24)9-21(19(29)16(18)25)10-15(28-36-21)20(30)26-4-2-6-35-17-12(22)7-11(8-13(17)23)3-5-27-37(31,32)33/h7-9,19,27,29H,2-6,10H2,1H3,(H,26,30)(H,31,32,33)/t19-,21+/m1/s1. The zero-order chi connectivity index (χ0) is 27.4. The van der Waals surface area contributed by atoms with E-state index in [1.54, 1.807) is 18.2 Å². The van der Waals surface area contributed by atoms with Crippen LogP contribution in [0.25, 0.3) is 0 Å². The molecule has 11 nitrogen and oxygen atoms in total. The van der Waals surface area contributed by atoms with E-state index in [4.69, 9.17) is 18.9 Å². The minimum atomic E-state index is -4.24. The monoisotopic (exact) mass is 793 g/mol. The summed E-state index contributed by atoms with van der Waals surface area (Å²) >= 11 is 13.6. The molecule has 0 unspecified atom stereocenters. The highest BCUT2D eigenvalue weighted by molar-refractivity contribution is 9.12. The Morgan fingerprint density at radius 2 is 1.92 bits per heavy atom. The summed E-state index contributed by atoms with van der Waals surface area (Å²) < 4.78 is 45.7. The molecule has 0 saturated carbocycles. The molecule has 1 aliphatic carbocycles. The first kappa shape index (κ1) is 30.5. The van der Waals surface area contributed by atoms with E-state index in [2.05, 4.69) is 74.2 Å². The van der Waals surface area contributed by atoms with Crippen molar-refractivity contribution in [1.29, 1.82) is 0 Å². The van der Waals surface area contributed by atoms with Gasteiger partial charge in [0.1, 0.15) is 23.3 Å². The van der Waals surface area contributed by atoms with E-state index in [0.717, 1.165) is 5.56 Å². The highest BCUT2D eigenvalue weighted by Gasteiger charge is 2.50. The average Bonchev–Trinajstić information content (AvgIpc) is 3.23. The first-order valence-electron chi connectivity index (χ1n) is 10.7. The molecule has 204 valence electrons. The molecule has 0 fully saturated rings. The second-order valence-electron chi connectivity index (χ2n) is 8.00. The van der Waals surface area contributed by atoms with Gasteiger partial charge in [-0.1, -0.05) is 5.16 Å². The molecule has 37 heavy (non-hydrogen) atoms. The van der Waals surface area contributed by atoms with Gasteiger partial charge in [0, 0.05) is 19.5 Å². The third-order valence-corrected chi connectivity index (χ3v) is 8.48. The zero-order valence-electron chi connectivity index (χ0n) is 19.3. The minimum absolute atomic E-state index is 0.0454. The molecule has 1 heterocycles. The number of allylic oxidation sites excluding steroid dienone is 1. The molecule has 1 aromatic rings. The van der Waals surface area contributed by atoms with Crippen molar-refractivity contribution < 1.29 is 37.2 Å². The lowest BCUT2D eigenvalue weighted by Crippen LogP contribution is -2.45. The SMILES string of the molecule is COC1=C(Br)[C@@H](O)[C@]2(C=C1Br)CC(C(=O)NCCCOc1c(Br)cc(CCNS(=O)(=O)O)cc1Br)=NO2. The number of amides is 1. The summed E-state index contributed by atoms with van der Waals surface area (Å²) in [5, 5.41) is 17.4. The van der Waals surface area contributed by atoms with E-state index in [0.29, 0.717) is 55.4 Å². The molecule has 1 aromatic carbocycles. The lowest BCUT2D eigenvalue weighted by Gasteiger charge is -2.33. The molecule has 16 heteroatoms. The smallest absolute Gasteiger partial charge is 0.333 e. The van der Waals surface area contributed by atoms with Crippen LogP contribution in [0.15, 0.2) is 47.0 Å². The molecule has 0 saturated heterocycles. The molecule has 3 rings (SSSR count). The number of benzene rings is 1. The summed E-state index contributed by atoms with van der Waals surface area (Å²) in [7, 11) is -2.76. The summed E-state index contributed by atoms with van der Waals surface area (Å²) in [5.41, 5.74) is -0.247. The number of nitrogens with one attached hydrogen (secondary N) is 2. The van der Waals surface area contributed by atoms with Crippen LogP contribution in [0.3, 0.4) is 0 Å². The van der Waals surface area contributed by atoms with Crippen LogP contribution in [0.2, 0.25) is 0 Å². The van der Waals surface area contributed by atoms with Gasteiger partial charge in [-0.25, -0.2) is 0 Å². The van der Waals surface area contributed by atoms with E-state index in [1.807, 2.05) is 4.72 Å². The lowest BCUT2D eigenvalue weighted by molar-refractivity contribution is -0.114. The normalized spacial score (nSPS) is 21.4.